The second kappa shape index (κ2) is 9.76. The molecular weight excluding hydrogens is 355 g/mol. The van der Waals surface area contributed by atoms with Gasteiger partial charge in [-0.25, -0.2) is 0 Å². The number of aromatic nitrogens is 1. The Labute approximate surface area is 152 Å². The SMILES string of the molecule is CCCCCc1ccc(C(=O)Nc2ccc(Cl)c(Cl)c2)nc1.Cl. The number of halogens is 3. The van der Waals surface area contributed by atoms with E-state index in [1.165, 1.54) is 12.8 Å². The zero-order chi connectivity index (χ0) is 15.9. The Morgan fingerprint density at radius 2 is 1.91 bits per heavy atom. The van der Waals surface area contributed by atoms with Crippen molar-refractivity contribution in [1.29, 1.82) is 0 Å². The molecule has 0 atom stereocenters. The first-order chi connectivity index (χ1) is 10.6. The number of amides is 1. The lowest BCUT2D eigenvalue weighted by atomic mass is 10.1. The van der Waals surface area contributed by atoms with Gasteiger partial charge < -0.3 is 5.32 Å². The molecule has 0 unspecified atom stereocenters. The van der Waals surface area contributed by atoms with Gasteiger partial charge >= 0.3 is 0 Å². The van der Waals surface area contributed by atoms with Gasteiger partial charge in [0.05, 0.1) is 10.0 Å². The molecule has 0 fully saturated rings. The molecule has 1 amide bonds. The van der Waals surface area contributed by atoms with E-state index in [1.807, 2.05) is 6.07 Å². The lowest BCUT2D eigenvalue weighted by Gasteiger charge is -2.06. The molecule has 23 heavy (non-hydrogen) atoms. The van der Waals surface area contributed by atoms with Gasteiger partial charge in [0.2, 0.25) is 0 Å². The van der Waals surface area contributed by atoms with Gasteiger partial charge in [-0.15, -0.1) is 12.4 Å². The predicted molar refractivity (Wildman–Crippen MR) is 99.1 cm³/mol. The highest BCUT2D eigenvalue weighted by molar-refractivity contribution is 6.42. The van der Waals surface area contributed by atoms with Gasteiger partial charge in [-0.1, -0.05) is 49.0 Å². The molecule has 3 nitrogen and oxygen atoms in total. The van der Waals surface area contributed by atoms with E-state index in [0.717, 1.165) is 18.4 Å². The normalized spacial score (nSPS) is 10.0. The first-order valence-electron chi connectivity index (χ1n) is 7.31. The van der Waals surface area contributed by atoms with Crippen LogP contribution in [0.3, 0.4) is 0 Å². The summed E-state index contributed by atoms with van der Waals surface area (Å²) >= 11 is 11.8. The van der Waals surface area contributed by atoms with Gasteiger partial charge in [0.1, 0.15) is 5.69 Å². The predicted octanol–water partition coefficient (Wildman–Crippen LogP) is 5.80. The van der Waals surface area contributed by atoms with Crippen LogP contribution in [0.15, 0.2) is 36.5 Å². The Morgan fingerprint density at radius 3 is 2.52 bits per heavy atom. The number of nitrogens with one attached hydrogen (secondary N) is 1. The number of carbonyl (C=O) groups is 1. The number of carbonyl (C=O) groups excluding carboxylic acids is 1. The highest BCUT2D eigenvalue weighted by Crippen LogP contribution is 2.25. The van der Waals surface area contributed by atoms with Crippen LogP contribution in [0.1, 0.15) is 42.2 Å². The second-order valence-electron chi connectivity index (χ2n) is 5.09. The summed E-state index contributed by atoms with van der Waals surface area (Å²) in [5.74, 6) is -0.265. The smallest absolute Gasteiger partial charge is 0.274 e. The van der Waals surface area contributed by atoms with Crippen molar-refractivity contribution in [1.82, 2.24) is 4.98 Å². The van der Waals surface area contributed by atoms with Crippen LogP contribution >= 0.6 is 35.6 Å². The average Bonchev–Trinajstić information content (AvgIpc) is 2.52. The lowest BCUT2D eigenvalue weighted by Crippen LogP contribution is -2.13. The Kier molecular flexibility index (Phi) is 8.38. The van der Waals surface area contributed by atoms with Crippen molar-refractivity contribution in [2.45, 2.75) is 32.6 Å². The highest BCUT2D eigenvalue weighted by Gasteiger charge is 2.08. The Hall–Kier alpha value is -1.29. The Morgan fingerprint density at radius 1 is 1.13 bits per heavy atom. The molecule has 0 aliphatic rings. The zero-order valence-electron chi connectivity index (χ0n) is 12.8. The van der Waals surface area contributed by atoms with Crippen LogP contribution in [-0.4, -0.2) is 10.9 Å². The molecule has 1 N–H and O–H groups in total. The van der Waals surface area contributed by atoms with E-state index >= 15 is 0 Å². The largest absolute Gasteiger partial charge is 0.321 e. The van der Waals surface area contributed by atoms with Gasteiger partial charge in [-0.3, -0.25) is 9.78 Å². The van der Waals surface area contributed by atoms with Crippen LogP contribution in [0, 0.1) is 0 Å². The molecule has 1 aromatic heterocycles. The third kappa shape index (κ3) is 6.02. The monoisotopic (exact) mass is 372 g/mol. The van der Waals surface area contributed by atoms with Gasteiger partial charge in [0.15, 0.2) is 0 Å². The number of anilines is 1. The molecule has 2 aromatic rings. The second-order valence-corrected chi connectivity index (χ2v) is 5.91. The molecule has 0 radical (unpaired) electrons. The molecule has 1 aromatic carbocycles. The molecule has 2 rings (SSSR count). The van der Waals surface area contributed by atoms with Gasteiger partial charge in [0.25, 0.3) is 5.91 Å². The van der Waals surface area contributed by atoms with Crippen molar-refractivity contribution in [3.8, 4) is 0 Å². The van der Waals surface area contributed by atoms with Crippen LogP contribution in [0.25, 0.3) is 0 Å². The van der Waals surface area contributed by atoms with E-state index in [9.17, 15) is 4.79 Å². The standard InChI is InChI=1S/C17H18Cl2N2O.ClH/c1-2-3-4-5-12-6-9-16(20-11-12)17(22)21-13-7-8-14(18)15(19)10-13;/h6-11H,2-5H2,1H3,(H,21,22);1H. The van der Waals surface area contributed by atoms with E-state index < -0.39 is 0 Å². The summed E-state index contributed by atoms with van der Waals surface area (Å²) in [5.41, 5.74) is 2.12. The van der Waals surface area contributed by atoms with Crippen LogP contribution < -0.4 is 5.32 Å². The molecule has 0 aliphatic carbocycles. The number of hydrogen-bond donors (Lipinski definition) is 1. The topological polar surface area (TPSA) is 42.0 Å². The van der Waals surface area contributed by atoms with Gasteiger partial charge in [-0.05, 0) is 42.7 Å². The fourth-order valence-electron chi connectivity index (χ4n) is 2.05. The number of rotatable bonds is 6. The molecular formula is C17H19Cl3N2O. The minimum atomic E-state index is -0.265. The average molecular weight is 374 g/mol. The number of nitrogens with zero attached hydrogens (tertiary/aromatic N) is 1. The van der Waals surface area contributed by atoms with E-state index in [2.05, 4.69) is 17.2 Å². The fourth-order valence-corrected chi connectivity index (χ4v) is 2.35. The molecule has 0 saturated heterocycles. The van der Waals surface area contributed by atoms with Crippen molar-refractivity contribution in [2.75, 3.05) is 5.32 Å². The van der Waals surface area contributed by atoms with Crippen LogP contribution in [0.4, 0.5) is 5.69 Å². The molecule has 0 bridgehead atoms. The molecule has 124 valence electrons. The van der Waals surface area contributed by atoms with Crippen LogP contribution in [0.5, 0.6) is 0 Å². The number of pyridine rings is 1. The maximum absolute atomic E-state index is 12.1. The minimum Gasteiger partial charge on any atom is -0.321 e. The molecule has 0 spiro atoms. The Bertz CT molecular complexity index is 645. The maximum atomic E-state index is 12.1. The summed E-state index contributed by atoms with van der Waals surface area (Å²) in [7, 11) is 0. The van der Waals surface area contributed by atoms with Gasteiger partial charge in [0, 0.05) is 11.9 Å². The van der Waals surface area contributed by atoms with Crippen molar-refractivity contribution >= 4 is 47.2 Å². The highest BCUT2D eigenvalue weighted by atomic mass is 35.5. The van der Waals surface area contributed by atoms with Crippen LogP contribution in [-0.2, 0) is 6.42 Å². The lowest BCUT2D eigenvalue weighted by molar-refractivity contribution is 0.102. The van der Waals surface area contributed by atoms with E-state index in [0.29, 0.717) is 21.4 Å². The summed E-state index contributed by atoms with van der Waals surface area (Å²) < 4.78 is 0. The van der Waals surface area contributed by atoms with Crippen LogP contribution in [0.2, 0.25) is 10.0 Å². The first-order valence-corrected chi connectivity index (χ1v) is 8.07. The molecule has 0 aliphatic heterocycles. The summed E-state index contributed by atoms with van der Waals surface area (Å²) in [5, 5.41) is 3.61. The van der Waals surface area contributed by atoms with Crippen molar-refractivity contribution in [2.24, 2.45) is 0 Å². The number of aryl methyl sites for hydroxylation is 1. The van der Waals surface area contributed by atoms with Crippen molar-refractivity contribution in [3.05, 3.63) is 57.8 Å². The summed E-state index contributed by atoms with van der Waals surface area (Å²) in [4.78, 5) is 16.4. The Balaban J connectivity index is 0.00000264. The summed E-state index contributed by atoms with van der Waals surface area (Å²) in [6, 6.07) is 8.65. The third-order valence-corrected chi connectivity index (χ3v) is 4.04. The molecule has 0 saturated carbocycles. The summed E-state index contributed by atoms with van der Waals surface area (Å²) in [6.45, 7) is 2.18. The number of unbranched alkanes of at least 4 members (excludes halogenated alkanes) is 2. The molecule has 1 heterocycles. The first kappa shape index (κ1) is 19.8. The third-order valence-electron chi connectivity index (χ3n) is 3.30. The maximum Gasteiger partial charge on any atom is 0.274 e. The van der Waals surface area contributed by atoms with Crippen molar-refractivity contribution < 1.29 is 4.79 Å². The summed E-state index contributed by atoms with van der Waals surface area (Å²) in [6.07, 6.45) is 6.30. The molecule has 6 heteroatoms. The van der Waals surface area contributed by atoms with Gasteiger partial charge in [-0.2, -0.15) is 0 Å². The van der Waals surface area contributed by atoms with E-state index in [1.54, 1.807) is 30.5 Å². The number of hydrogen-bond acceptors (Lipinski definition) is 2. The number of benzene rings is 1. The fraction of sp³-hybridized carbons (Fsp3) is 0.294. The minimum absolute atomic E-state index is 0. The van der Waals surface area contributed by atoms with Crippen molar-refractivity contribution in [3.63, 3.8) is 0 Å². The van der Waals surface area contributed by atoms with E-state index in [-0.39, 0.29) is 18.3 Å². The zero-order valence-corrected chi connectivity index (χ0v) is 15.1. The van der Waals surface area contributed by atoms with E-state index in [4.69, 9.17) is 23.2 Å². The quantitative estimate of drug-likeness (QED) is 0.651.